The summed E-state index contributed by atoms with van der Waals surface area (Å²) in [6.45, 7) is 2.29. The zero-order valence-electron chi connectivity index (χ0n) is 13.4. The predicted molar refractivity (Wildman–Crippen MR) is 92.7 cm³/mol. The van der Waals surface area contributed by atoms with Crippen LogP contribution in [0.2, 0.25) is 0 Å². The van der Waals surface area contributed by atoms with Gasteiger partial charge in [-0.15, -0.1) is 0 Å². The van der Waals surface area contributed by atoms with Crippen molar-refractivity contribution in [2.45, 2.75) is 12.5 Å². The number of benzene rings is 2. The van der Waals surface area contributed by atoms with E-state index in [1.807, 2.05) is 6.07 Å². The molecule has 0 N–H and O–H groups in total. The Morgan fingerprint density at radius 1 is 0.909 bits per heavy atom. The van der Waals surface area contributed by atoms with Crippen LogP contribution in [0.25, 0.3) is 12.2 Å². The molecule has 0 saturated carbocycles. The van der Waals surface area contributed by atoms with Gasteiger partial charge in [0.15, 0.2) is 6.10 Å². The van der Waals surface area contributed by atoms with Crippen molar-refractivity contribution in [2.24, 2.45) is 0 Å². The highest BCUT2D eigenvalue weighted by Gasteiger charge is 2.32. The SMILES string of the molecule is C[N+]1(C)CC[C@@H](Oc2ccc(C=Cc3ccccc3)cc2)C1. The highest BCUT2D eigenvalue weighted by molar-refractivity contribution is 5.69. The van der Waals surface area contributed by atoms with Crippen molar-refractivity contribution in [3.05, 3.63) is 65.7 Å². The normalized spacial score (nSPS) is 20.4. The van der Waals surface area contributed by atoms with Crippen molar-refractivity contribution in [3.63, 3.8) is 0 Å². The highest BCUT2D eigenvalue weighted by Crippen LogP contribution is 2.21. The van der Waals surface area contributed by atoms with Crippen LogP contribution in [-0.4, -0.2) is 37.8 Å². The fourth-order valence-corrected chi connectivity index (χ4v) is 2.93. The first-order chi connectivity index (χ1) is 10.6. The molecule has 3 rings (SSSR count). The Balaban J connectivity index is 1.60. The fraction of sp³-hybridized carbons (Fsp3) is 0.300. The summed E-state index contributed by atoms with van der Waals surface area (Å²) in [4.78, 5) is 0. The quantitative estimate of drug-likeness (QED) is 0.610. The molecule has 1 saturated heterocycles. The van der Waals surface area contributed by atoms with E-state index in [0.29, 0.717) is 6.10 Å². The van der Waals surface area contributed by atoms with Crippen LogP contribution in [0.3, 0.4) is 0 Å². The number of ether oxygens (including phenoxy) is 1. The van der Waals surface area contributed by atoms with E-state index in [-0.39, 0.29) is 0 Å². The second-order valence-corrected chi connectivity index (χ2v) is 6.68. The number of likely N-dealkylation sites (N-methyl/N-ethyl adjacent to an activating group) is 1. The molecule has 0 unspecified atom stereocenters. The molecule has 1 atom stereocenters. The van der Waals surface area contributed by atoms with E-state index in [0.717, 1.165) is 23.2 Å². The molecular formula is C20H24NO+. The number of likely N-dealkylation sites (tertiary alicyclic amines) is 1. The molecule has 0 bridgehead atoms. The fourth-order valence-electron chi connectivity index (χ4n) is 2.93. The number of quaternary nitrogens is 1. The number of rotatable bonds is 4. The molecule has 0 aromatic heterocycles. The van der Waals surface area contributed by atoms with E-state index in [1.165, 1.54) is 17.7 Å². The minimum atomic E-state index is 0.348. The average Bonchev–Trinajstić information content (AvgIpc) is 2.86. The smallest absolute Gasteiger partial charge is 0.153 e. The third-order valence-corrected chi connectivity index (χ3v) is 4.20. The Morgan fingerprint density at radius 2 is 1.55 bits per heavy atom. The minimum absolute atomic E-state index is 0.348. The molecule has 2 aromatic rings. The van der Waals surface area contributed by atoms with Crippen LogP contribution in [0.1, 0.15) is 17.5 Å². The lowest BCUT2D eigenvalue weighted by Crippen LogP contribution is -2.38. The molecule has 2 aromatic carbocycles. The van der Waals surface area contributed by atoms with Crippen LogP contribution in [0.4, 0.5) is 0 Å². The van der Waals surface area contributed by atoms with Crippen LogP contribution in [-0.2, 0) is 0 Å². The molecule has 0 aliphatic carbocycles. The van der Waals surface area contributed by atoms with Gasteiger partial charge in [0.1, 0.15) is 12.3 Å². The van der Waals surface area contributed by atoms with Crippen molar-refractivity contribution in [1.29, 1.82) is 0 Å². The first kappa shape index (κ1) is 14.9. The molecule has 1 aliphatic heterocycles. The van der Waals surface area contributed by atoms with Crippen LogP contribution in [0.15, 0.2) is 54.6 Å². The summed E-state index contributed by atoms with van der Waals surface area (Å²) in [6.07, 6.45) is 5.75. The zero-order valence-corrected chi connectivity index (χ0v) is 13.4. The van der Waals surface area contributed by atoms with Gasteiger partial charge in [0, 0.05) is 6.42 Å². The van der Waals surface area contributed by atoms with Gasteiger partial charge >= 0.3 is 0 Å². The maximum atomic E-state index is 6.09. The van der Waals surface area contributed by atoms with E-state index >= 15 is 0 Å². The Kier molecular flexibility index (Phi) is 4.30. The molecule has 114 valence electrons. The van der Waals surface area contributed by atoms with E-state index in [2.05, 4.69) is 74.8 Å². The second kappa shape index (κ2) is 6.37. The summed E-state index contributed by atoms with van der Waals surface area (Å²) in [6, 6.07) is 18.7. The van der Waals surface area contributed by atoms with E-state index < -0.39 is 0 Å². The van der Waals surface area contributed by atoms with Gasteiger partial charge in [-0.2, -0.15) is 0 Å². The molecule has 1 fully saturated rings. The molecular weight excluding hydrogens is 270 g/mol. The standard InChI is InChI=1S/C20H24NO/c1-21(2)15-14-20(16-21)22-19-12-10-18(11-13-19)9-8-17-6-4-3-5-7-17/h3-13,20H,14-16H2,1-2H3/q+1/t20-/m1/s1. The lowest BCUT2D eigenvalue weighted by atomic mass is 10.1. The van der Waals surface area contributed by atoms with Crippen molar-refractivity contribution in [1.82, 2.24) is 0 Å². The van der Waals surface area contributed by atoms with Gasteiger partial charge in [-0.25, -0.2) is 0 Å². The Labute approximate surface area is 133 Å². The molecule has 0 amide bonds. The predicted octanol–water partition coefficient (Wildman–Crippen LogP) is 4.08. The summed E-state index contributed by atoms with van der Waals surface area (Å²) >= 11 is 0. The van der Waals surface area contributed by atoms with Crippen LogP contribution in [0, 0.1) is 0 Å². The van der Waals surface area contributed by atoms with Gasteiger partial charge in [-0.1, -0.05) is 54.6 Å². The average molecular weight is 294 g/mol. The van der Waals surface area contributed by atoms with E-state index in [9.17, 15) is 0 Å². The molecule has 0 radical (unpaired) electrons. The summed E-state index contributed by atoms with van der Waals surface area (Å²) in [5, 5.41) is 0. The van der Waals surface area contributed by atoms with Crippen LogP contribution in [0.5, 0.6) is 5.75 Å². The summed E-state index contributed by atoms with van der Waals surface area (Å²) in [7, 11) is 4.53. The molecule has 22 heavy (non-hydrogen) atoms. The summed E-state index contributed by atoms with van der Waals surface area (Å²) < 4.78 is 7.15. The summed E-state index contributed by atoms with van der Waals surface area (Å²) in [5.41, 5.74) is 2.41. The maximum absolute atomic E-state index is 6.09. The monoisotopic (exact) mass is 294 g/mol. The first-order valence-corrected chi connectivity index (χ1v) is 7.93. The lowest BCUT2D eigenvalue weighted by molar-refractivity contribution is -0.879. The van der Waals surface area contributed by atoms with Gasteiger partial charge < -0.3 is 9.22 Å². The van der Waals surface area contributed by atoms with Crippen molar-refractivity contribution in [2.75, 3.05) is 27.2 Å². The van der Waals surface area contributed by atoms with Gasteiger partial charge in [0.2, 0.25) is 0 Å². The van der Waals surface area contributed by atoms with E-state index in [1.54, 1.807) is 0 Å². The topological polar surface area (TPSA) is 9.23 Å². The third kappa shape index (κ3) is 3.99. The van der Waals surface area contributed by atoms with Crippen molar-refractivity contribution in [3.8, 4) is 5.75 Å². The maximum Gasteiger partial charge on any atom is 0.153 e. The van der Waals surface area contributed by atoms with Crippen LogP contribution < -0.4 is 4.74 Å². The van der Waals surface area contributed by atoms with Crippen molar-refractivity contribution >= 4 is 12.2 Å². The summed E-state index contributed by atoms with van der Waals surface area (Å²) in [5.74, 6) is 0.976. The first-order valence-electron chi connectivity index (χ1n) is 7.93. The Morgan fingerprint density at radius 3 is 2.14 bits per heavy atom. The van der Waals surface area contributed by atoms with Gasteiger partial charge in [-0.05, 0) is 23.3 Å². The van der Waals surface area contributed by atoms with Gasteiger partial charge in [-0.3, -0.25) is 0 Å². The molecule has 1 aliphatic rings. The molecule has 2 nitrogen and oxygen atoms in total. The second-order valence-electron chi connectivity index (χ2n) is 6.68. The number of hydrogen-bond donors (Lipinski definition) is 0. The van der Waals surface area contributed by atoms with Crippen molar-refractivity contribution < 1.29 is 9.22 Å². The molecule has 0 spiro atoms. The van der Waals surface area contributed by atoms with Gasteiger partial charge in [0.05, 0.1) is 20.6 Å². The van der Waals surface area contributed by atoms with Gasteiger partial charge in [0.25, 0.3) is 0 Å². The Hall–Kier alpha value is -2.06. The largest absolute Gasteiger partial charge is 0.484 e. The number of nitrogens with zero attached hydrogens (tertiary/aromatic N) is 1. The zero-order chi connectivity index (χ0) is 15.4. The lowest BCUT2D eigenvalue weighted by Gasteiger charge is -2.23. The molecule has 1 heterocycles. The number of hydrogen-bond acceptors (Lipinski definition) is 1. The highest BCUT2D eigenvalue weighted by atomic mass is 16.5. The Bertz CT molecular complexity index is 629. The third-order valence-electron chi connectivity index (χ3n) is 4.20. The van der Waals surface area contributed by atoms with Crippen LogP contribution >= 0.6 is 0 Å². The minimum Gasteiger partial charge on any atom is -0.484 e. The molecule has 2 heteroatoms. The van der Waals surface area contributed by atoms with E-state index in [4.69, 9.17) is 4.74 Å².